The summed E-state index contributed by atoms with van der Waals surface area (Å²) in [4.78, 5) is 0. The number of benzene rings is 1. The van der Waals surface area contributed by atoms with E-state index in [0.717, 1.165) is 17.9 Å². The van der Waals surface area contributed by atoms with Crippen LogP contribution in [0.15, 0.2) is 47.7 Å². The van der Waals surface area contributed by atoms with Crippen molar-refractivity contribution in [1.29, 1.82) is 5.41 Å². The standard InChI is InChI=1S/C16H19F2N3.C2H6/c1-3-11(8-12(9-19)10(2)20)4-5-13-14(17)6-7-15(21)16(13)18;1-2/h3,6-9,19H,2,4-5,20-21H2,1H3;1-2H3/b11-3-,12-8-,19-9?;. The van der Waals surface area contributed by atoms with Crippen molar-refractivity contribution in [1.82, 2.24) is 0 Å². The van der Waals surface area contributed by atoms with E-state index < -0.39 is 11.6 Å². The molecule has 0 aromatic heterocycles. The number of hydrogen-bond acceptors (Lipinski definition) is 3. The highest BCUT2D eigenvalue weighted by molar-refractivity contribution is 5.82. The summed E-state index contributed by atoms with van der Waals surface area (Å²) in [6.07, 6.45) is 5.14. The highest BCUT2D eigenvalue weighted by Gasteiger charge is 2.12. The van der Waals surface area contributed by atoms with Gasteiger partial charge in [0.1, 0.15) is 5.82 Å². The normalized spacial score (nSPS) is 11.5. The van der Waals surface area contributed by atoms with E-state index in [1.54, 1.807) is 19.1 Å². The molecule has 0 spiro atoms. The smallest absolute Gasteiger partial charge is 0.152 e. The zero-order valence-electron chi connectivity index (χ0n) is 13.9. The molecular formula is C18H25F2N3. The highest BCUT2D eigenvalue weighted by atomic mass is 19.1. The number of nitrogen functional groups attached to an aromatic ring is 1. The summed E-state index contributed by atoms with van der Waals surface area (Å²) >= 11 is 0. The second-order valence-electron chi connectivity index (χ2n) is 4.56. The number of nitrogens with two attached hydrogens (primary N) is 2. The molecule has 0 bridgehead atoms. The topological polar surface area (TPSA) is 75.9 Å². The Bertz CT molecular complexity index is 617. The molecule has 0 heterocycles. The quantitative estimate of drug-likeness (QED) is 0.410. The Kier molecular flexibility index (Phi) is 9.23. The second kappa shape index (κ2) is 10.3. The highest BCUT2D eigenvalue weighted by Crippen LogP contribution is 2.22. The van der Waals surface area contributed by atoms with E-state index in [2.05, 4.69) is 6.58 Å². The van der Waals surface area contributed by atoms with Gasteiger partial charge in [-0.15, -0.1) is 0 Å². The lowest BCUT2D eigenvalue weighted by molar-refractivity contribution is 0.557. The van der Waals surface area contributed by atoms with Crippen molar-refractivity contribution >= 4 is 11.9 Å². The molecular weight excluding hydrogens is 296 g/mol. The van der Waals surface area contributed by atoms with Gasteiger partial charge in [-0.3, -0.25) is 0 Å². The molecule has 5 heteroatoms. The Labute approximate surface area is 136 Å². The average molecular weight is 321 g/mol. The van der Waals surface area contributed by atoms with E-state index in [4.69, 9.17) is 16.9 Å². The van der Waals surface area contributed by atoms with Crippen LogP contribution < -0.4 is 11.5 Å². The molecule has 0 aliphatic heterocycles. The van der Waals surface area contributed by atoms with Crippen molar-refractivity contribution in [2.45, 2.75) is 33.6 Å². The first-order chi connectivity index (χ1) is 10.9. The fourth-order valence-corrected chi connectivity index (χ4v) is 1.84. The Morgan fingerprint density at radius 3 is 2.39 bits per heavy atom. The van der Waals surface area contributed by atoms with Gasteiger partial charge in [-0.1, -0.05) is 32.1 Å². The third kappa shape index (κ3) is 6.06. The summed E-state index contributed by atoms with van der Waals surface area (Å²) in [5.41, 5.74) is 12.4. The van der Waals surface area contributed by atoms with Crippen LogP contribution in [0.4, 0.5) is 14.5 Å². The van der Waals surface area contributed by atoms with Crippen molar-refractivity contribution in [3.63, 3.8) is 0 Å². The lowest BCUT2D eigenvalue weighted by atomic mass is 10.0. The molecule has 3 nitrogen and oxygen atoms in total. The lowest BCUT2D eigenvalue weighted by Crippen LogP contribution is -2.03. The van der Waals surface area contributed by atoms with E-state index in [0.29, 0.717) is 12.0 Å². The van der Waals surface area contributed by atoms with Gasteiger partial charge < -0.3 is 16.9 Å². The maximum Gasteiger partial charge on any atom is 0.152 e. The van der Waals surface area contributed by atoms with Gasteiger partial charge in [-0.2, -0.15) is 0 Å². The number of allylic oxidation sites excluding steroid dienone is 4. The number of halogens is 2. The number of rotatable bonds is 6. The molecule has 0 atom stereocenters. The van der Waals surface area contributed by atoms with Gasteiger partial charge in [0.05, 0.1) is 5.69 Å². The van der Waals surface area contributed by atoms with Gasteiger partial charge in [0.15, 0.2) is 5.82 Å². The zero-order valence-corrected chi connectivity index (χ0v) is 13.9. The molecule has 0 aliphatic carbocycles. The number of hydrogen-bond donors (Lipinski definition) is 3. The third-order valence-electron chi connectivity index (χ3n) is 3.12. The van der Waals surface area contributed by atoms with Crippen LogP contribution in [0, 0.1) is 17.0 Å². The van der Waals surface area contributed by atoms with Crippen molar-refractivity contribution in [2.24, 2.45) is 5.73 Å². The average Bonchev–Trinajstić information content (AvgIpc) is 2.55. The second-order valence-corrected chi connectivity index (χ2v) is 4.56. The van der Waals surface area contributed by atoms with Gasteiger partial charge in [0.25, 0.3) is 0 Å². The largest absolute Gasteiger partial charge is 0.399 e. The first kappa shape index (κ1) is 20.6. The monoisotopic (exact) mass is 321 g/mol. The van der Waals surface area contributed by atoms with Gasteiger partial charge in [-0.05, 0) is 38.0 Å². The molecule has 1 rings (SSSR count). The maximum absolute atomic E-state index is 13.8. The SMILES string of the molecule is C=C(N)/C(C=N)=C\C(=C/C)CCc1c(F)ccc(N)c1F.CC. The van der Waals surface area contributed by atoms with E-state index >= 15 is 0 Å². The van der Waals surface area contributed by atoms with Crippen LogP contribution in [-0.2, 0) is 6.42 Å². The molecule has 0 fully saturated rings. The molecule has 0 saturated heterocycles. The van der Waals surface area contributed by atoms with Crippen molar-refractivity contribution < 1.29 is 8.78 Å². The van der Waals surface area contributed by atoms with E-state index in [1.165, 1.54) is 6.07 Å². The minimum Gasteiger partial charge on any atom is -0.399 e. The third-order valence-corrected chi connectivity index (χ3v) is 3.12. The van der Waals surface area contributed by atoms with Gasteiger partial charge >= 0.3 is 0 Å². The van der Waals surface area contributed by atoms with Crippen molar-refractivity contribution in [3.8, 4) is 0 Å². The Balaban J connectivity index is 0.00000232. The Hall–Kier alpha value is -2.43. The molecule has 1 aromatic rings. The summed E-state index contributed by atoms with van der Waals surface area (Å²) in [7, 11) is 0. The first-order valence-electron chi connectivity index (χ1n) is 7.45. The van der Waals surface area contributed by atoms with Crippen LogP contribution in [0.5, 0.6) is 0 Å². The van der Waals surface area contributed by atoms with E-state index in [-0.39, 0.29) is 23.4 Å². The van der Waals surface area contributed by atoms with Crippen molar-refractivity contribution in [2.75, 3.05) is 5.73 Å². The summed E-state index contributed by atoms with van der Waals surface area (Å²) in [5, 5.41) is 7.25. The molecule has 0 aliphatic rings. The van der Waals surface area contributed by atoms with Gasteiger partial charge in [0, 0.05) is 23.0 Å². The van der Waals surface area contributed by atoms with Crippen LogP contribution in [-0.4, -0.2) is 6.21 Å². The van der Waals surface area contributed by atoms with Crippen LogP contribution in [0.1, 0.15) is 32.8 Å². The van der Waals surface area contributed by atoms with Crippen LogP contribution in [0.2, 0.25) is 0 Å². The van der Waals surface area contributed by atoms with Crippen LogP contribution in [0.25, 0.3) is 0 Å². The summed E-state index contributed by atoms with van der Waals surface area (Å²) in [5.74, 6) is -1.33. The van der Waals surface area contributed by atoms with Crippen molar-refractivity contribution in [3.05, 3.63) is 64.9 Å². The minimum atomic E-state index is -0.718. The summed E-state index contributed by atoms with van der Waals surface area (Å²) in [6.45, 7) is 9.37. The zero-order chi connectivity index (χ0) is 18.0. The summed E-state index contributed by atoms with van der Waals surface area (Å²) in [6, 6.07) is 2.36. The van der Waals surface area contributed by atoms with Gasteiger partial charge in [-0.25, -0.2) is 8.78 Å². The first-order valence-corrected chi connectivity index (χ1v) is 7.45. The molecule has 5 N–H and O–H groups in total. The van der Waals surface area contributed by atoms with E-state index in [9.17, 15) is 8.78 Å². The number of anilines is 1. The van der Waals surface area contributed by atoms with Gasteiger partial charge in [0.2, 0.25) is 0 Å². The lowest BCUT2D eigenvalue weighted by Gasteiger charge is -2.08. The predicted octanol–water partition coefficient (Wildman–Crippen LogP) is 4.50. The Morgan fingerprint density at radius 1 is 1.30 bits per heavy atom. The molecule has 126 valence electrons. The fraction of sp³-hybridized carbons (Fsp3) is 0.278. The molecule has 23 heavy (non-hydrogen) atoms. The molecule has 1 aromatic carbocycles. The fourth-order valence-electron chi connectivity index (χ4n) is 1.84. The van der Waals surface area contributed by atoms with Crippen LogP contribution >= 0.6 is 0 Å². The van der Waals surface area contributed by atoms with E-state index in [1.807, 2.05) is 13.8 Å². The Morgan fingerprint density at radius 2 is 1.91 bits per heavy atom. The predicted molar refractivity (Wildman–Crippen MR) is 94.4 cm³/mol. The number of nitrogens with one attached hydrogen (secondary N) is 1. The molecule has 0 radical (unpaired) electrons. The van der Waals surface area contributed by atoms with Crippen LogP contribution in [0.3, 0.4) is 0 Å². The molecule has 0 unspecified atom stereocenters. The minimum absolute atomic E-state index is 0.0364. The summed E-state index contributed by atoms with van der Waals surface area (Å²) < 4.78 is 27.4. The maximum atomic E-state index is 13.8. The molecule has 0 saturated carbocycles. The molecule has 0 amide bonds.